The first kappa shape index (κ1) is 19.3. The van der Waals surface area contributed by atoms with Crippen molar-refractivity contribution in [2.45, 2.75) is 19.8 Å². The van der Waals surface area contributed by atoms with Gasteiger partial charge in [-0.3, -0.25) is 4.79 Å². The summed E-state index contributed by atoms with van der Waals surface area (Å²) in [4.78, 5) is 15.0. The van der Waals surface area contributed by atoms with Gasteiger partial charge in [0.2, 0.25) is 10.0 Å². The molecular weight excluding hydrogens is 367 g/mol. The van der Waals surface area contributed by atoms with Gasteiger partial charge in [-0.05, 0) is 55.0 Å². The van der Waals surface area contributed by atoms with E-state index in [-0.39, 0.29) is 30.7 Å². The van der Waals surface area contributed by atoms with Gasteiger partial charge in [0.05, 0.1) is 5.75 Å². The zero-order valence-corrected chi connectivity index (χ0v) is 15.8. The maximum atomic E-state index is 13.6. The predicted molar refractivity (Wildman–Crippen MR) is 105 cm³/mol. The van der Waals surface area contributed by atoms with Crippen molar-refractivity contribution in [2.75, 3.05) is 12.3 Å². The number of pyridine rings is 1. The van der Waals surface area contributed by atoms with Crippen molar-refractivity contribution >= 4 is 20.9 Å². The van der Waals surface area contributed by atoms with Crippen LogP contribution in [0.25, 0.3) is 10.9 Å². The average Bonchev–Trinajstić information content (AvgIpc) is 2.62. The second-order valence-electron chi connectivity index (χ2n) is 6.52. The third kappa shape index (κ3) is 5.02. The number of rotatable bonds is 7. The van der Waals surface area contributed by atoms with Gasteiger partial charge in [-0.25, -0.2) is 17.5 Å². The van der Waals surface area contributed by atoms with Crippen LogP contribution in [0, 0.1) is 12.7 Å². The van der Waals surface area contributed by atoms with Crippen molar-refractivity contribution < 1.29 is 12.8 Å². The van der Waals surface area contributed by atoms with Crippen LogP contribution in [0.1, 0.15) is 16.7 Å². The molecule has 2 aromatic carbocycles. The van der Waals surface area contributed by atoms with Crippen LogP contribution in [0.4, 0.5) is 4.39 Å². The third-order valence-electron chi connectivity index (χ3n) is 4.39. The number of aryl methyl sites for hydroxylation is 2. The second kappa shape index (κ2) is 8.02. The molecule has 0 aliphatic carbocycles. The highest BCUT2D eigenvalue weighted by Crippen LogP contribution is 2.13. The van der Waals surface area contributed by atoms with Crippen molar-refractivity contribution in [3.05, 3.63) is 81.4 Å². The standard InChI is InChI=1S/C20H21FN2O3S/c1-14-6-7-19-17(12-14)13-16(20(24)23-19)8-10-22-27(25,26)11-9-15-4-2-3-5-18(15)21/h2-7,12-13,22H,8-11H2,1H3,(H,23,24). The molecule has 0 bridgehead atoms. The molecule has 0 unspecified atom stereocenters. The number of H-pyrrole nitrogens is 1. The molecule has 0 amide bonds. The topological polar surface area (TPSA) is 79.0 Å². The summed E-state index contributed by atoms with van der Waals surface area (Å²) in [6.45, 7) is 2.08. The molecule has 1 heterocycles. The van der Waals surface area contributed by atoms with Crippen LogP contribution in [0.5, 0.6) is 0 Å². The number of hydrogen-bond acceptors (Lipinski definition) is 3. The van der Waals surface area contributed by atoms with Gasteiger partial charge < -0.3 is 4.98 Å². The molecule has 3 aromatic rings. The number of sulfonamides is 1. The Kier molecular flexibility index (Phi) is 5.72. The molecule has 0 aliphatic heterocycles. The van der Waals surface area contributed by atoms with Crippen LogP contribution in [-0.2, 0) is 22.9 Å². The normalized spacial score (nSPS) is 11.8. The van der Waals surface area contributed by atoms with Gasteiger partial charge in [0.15, 0.2) is 0 Å². The molecule has 0 atom stereocenters. The number of benzene rings is 2. The summed E-state index contributed by atoms with van der Waals surface area (Å²) in [7, 11) is -3.56. The zero-order chi connectivity index (χ0) is 19.4. The molecule has 2 N–H and O–H groups in total. The fraction of sp³-hybridized carbons (Fsp3) is 0.250. The molecule has 7 heteroatoms. The Balaban J connectivity index is 1.61. The van der Waals surface area contributed by atoms with Crippen molar-refractivity contribution in [1.82, 2.24) is 9.71 Å². The van der Waals surface area contributed by atoms with E-state index in [0.717, 1.165) is 16.5 Å². The fourth-order valence-corrected chi connectivity index (χ4v) is 3.96. The summed E-state index contributed by atoms with van der Waals surface area (Å²) in [5.41, 5.74) is 2.49. The van der Waals surface area contributed by atoms with Gasteiger partial charge in [0, 0.05) is 17.6 Å². The van der Waals surface area contributed by atoms with E-state index in [0.29, 0.717) is 11.1 Å². The first-order valence-corrected chi connectivity index (χ1v) is 10.3. The lowest BCUT2D eigenvalue weighted by Crippen LogP contribution is -2.30. The van der Waals surface area contributed by atoms with Gasteiger partial charge >= 0.3 is 0 Å². The molecule has 1 aromatic heterocycles. The summed E-state index contributed by atoms with van der Waals surface area (Å²) in [5.74, 6) is -0.619. The predicted octanol–water partition coefficient (Wildman–Crippen LogP) is 2.68. The molecular formula is C20H21FN2O3S. The van der Waals surface area contributed by atoms with Crippen LogP contribution in [0.3, 0.4) is 0 Å². The smallest absolute Gasteiger partial charge is 0.251 e. The Morgan fingerprint density at radius 3 is 2.59 bits per heavy atom. The Morgan fingerprint density at radius 2 is 1.81 bits per heavy atom. The first-order chi connectivity index (χ1) is 12.8. The Morgan fingerprint density at radius 1 is 1.04 bits per heavy atom. The minimum atomic E-state index is -3.56. The lowest BCUT2D eigenvalue weighted by atomic mass is 10.1. The van der Waals surface area contributed by atoms with Gasteiger partial charge in [-0.1, -0.05) is 29.8 Å². The van der Waals surface area contributed by atoms with Crippen molar-refractivity contribution in [3.63, 3.8) is 0 Å². The largest absolute Gasteiger partial charge is 0.322 e. The second-order valence-corrected chi connectivity index (χ2v) is 8.45. The lowest BCUT2D eigenvalue weighted by Gasteiger charge is -2.08. The Bertz CT molecular complexity index is 1120. The summed E-state index contributed by atoms with van der Waals surface area (Å²) >= 11 is 0. The van der Waals surface area contributed by atoms with Gasteiger partial charge in [0.25, 0.3) is 5.56 Å². The minimum Gasteiger partial charge on any atom is -0.322 e. The molecule has 0 saturated carbocycles. The molecule has 0 fully saturated rings. The third-order valence-corrected chi connectivity index (χ3v) is 5.78. The number of aromatic nitrogens is 1. The summed E-state index contributed by atoms with van der Waals surface area (Å²) < 4.78 is 40.3. The first-order valence-electron chi connectivity index (χ1n) is 8.67. The Hall–Kier alpha value is -2.51. The zero-order valence-electron chi connectivity index (χ0n) is 15.0. The lowest BCUT2D eigenvalue weighted by molar-refractivity contribution is 0.578. The van der Waals surface area contributed by atoms with Gasteiger partial charge in [0.1, 0.15) is 5.82 Å². The molecule has 0 saturated heterocycles. The van der Waals surface area contributed by atoms with E-state index in [2.05, 4.69) is 9.71 Å². The summed E-state index contributed by atoms with van der Waals surface area (Å²) in [6.07, 6.45) is 0.371. The van der Waals surface area contributed by atoms with Crippen LogP contribution >= 0.6 is 0 Å². The summed E-state index contributed by atoms with van der Waals surface area (Å²) in [6, 6.07) is 13.6. The molecule has 0 spiro atoms. The molecule has 5 nitrogen and oxygen atoms in total. The number of aromatic amines is 1. The molecule has 142 valence electrons. The maximum absolute atomic E-state index is 13.6. The minimum absolute atomic E-state index is 0.0951. The number of nitrogens with one attached hydrogen (secondary N) is 2. The average molecular weight is 388 g/mol. The number of hydrogen-bond donors (Lipinski definition) is 2. The van der Waals surface area contributed by atoms with Gasteiger partial charge in [-0.15, -0.1) is 0 Å². The van der Waals surface area contributed by atoms with Crippen LogP contribution in [-0.4, -0.2) is 25.7 Å². The number of halogens is 1. The van der Waals surface area contributed by atoms with E-state index in [1.165, 1.54) is 6.07 Å². The van der Waals surface area contributed by atoms with Crippen LogP contribution in [0.15, 0.2) is 53.3 Å². The quantitative estimate of drug-likeness (QED) is 0.653. The van der Waals surface area contributed by atoms with Crippen LogP contribution in [0.2, 0.25) is 0 Å². The van der Waals surface area contributed by atoms with E-state index in [1.54, 1.807) is 24.3 Å². The van der Waals surface area contributed by atoms with E-state index >= 15 is 0 Å². The molecule has 0 aliphatic rings. The molecule has 3 rings (SSSR count). The van der Waals surface area contributed by atoms with Crippen molar-refractivity contribution in [2.24, 2.45) is 0 Å². The van der Waals surface area contributed by atoms with E-state index in [4.69, 9.17) is 0 Å². The highest BCUT2D eigenvalue weighted by Gasteiger charge is 2.12. The van der Waals surface area contributed by atoms with Crippen LogP contribution < -0.4 is 10.3 Å². The SMILES string of the molecule is Cc1ccc2[nH]c(=O)c(CCNS(=O)(=O)CCc3ccccc3F)cc2c1. The van der Waals surface area contributed by atoms with Crippen molar-refractivity contribution in [3.8, 4) is 0 Å². The molecule has 0 radical (unpaired) electrons. The summed E-state index contributed by atoms with van der Waals surface area (Å²) in [5, 5.41) is 0.909. The Labute approximate surface area is 157 Å². The molecule has 27 heavy (non-hydrogen) atoms. The fourth-order valence-electron chi connectivity index (χ4n) is 2.92. The van der Waals surface area contributed by atoms with E-state index < -0.39 is 15.8 Å². The van der Waals surface area contributed by atoms with E-state index in [9.17, 15) is 17.6 Å². The van der Waals surface area contributed by atoms with E-state index in [1.807, 2.05) is 25.1 Å². The highest BCUT2D eigenvalue weighted by molar-refractivity contribution is 7.89. The highest BCUT2D eigenvalue weighted by atomic mass is 32.2. The maximum Gasteiger partial charge on any atom is 0.251 e. The van der Waals surface area contributed by atoms with Gasteiger partial charge in [-0.2, -0.15) is 0 Å². The monoisotopic (exact) mass is 388 g/mol. The number of fused-ring (bicyclic) bond motifs is 1. The van der Waals surface area contributed by atoms with Crippen molar-refractivity contribution in [1.29, 1.82) is 0 Å².